The second-order valence-corrected chi connectivity index (χ2v) is 5.05. The van der Waals surface area contributed by atoms with Gasteiger partial charge in [0.25, 0.3) is 5.91 Å². The van der Waals surface area contributed by atoms with Crippen LogP contribution in [0, 0.1) is 12.3 Å². The van der Waals surface area contributed by atoms with Crippen LogP contribution in [0.2, 0.25) is 0 Å². The van der Waals surface area contributed by atoms with Gasteiger partial charge in [0.2, 0.25) is 5.88 Å². The lowest BCUT2D eigenvalue weighted by Gasteiger charge is -2.08. The summed E-state index contributed by atoms with van der Waals surface area (Å²) in [5.74, 6) is 3.18. The van der Waals surface area contributed by atoms with E-state index in [1.54, 1.807) is 43.5 Å². The van der Waals surface area contributed by atoms with Gasteiger partial charge in [-0.3, -0.25) is 4.79 Å². The first-order valence-electron chi connectivity index (χ1n) is 7.78. The predicted octanol–water partition coefficient (Wildman–Crippen LogP) is 2.76. The smallest absolute Gasteiger partial charge is 0.257 e. The number of methoxy groups -OCH3 is 1. The molecule has 0 aliphatic rings. The van der Waals surface area contributed by atoms with E-state index < -0.39 is 0 Å². The maximum absolute atomic E-state index is 12.3. The number of nitrogens with zero attached hydrogens (tertiary/aromatic N) is 1. The molecule has 6 nitrogen and oxygen atoms in total. The normalized spacial score (nSPS) is 9.92. The number of aromatic nitrogens is 1. The molecule has 0 atom stereocenters. The molecule has 0 bridgehead atoms. The Bertz CT molecular complexity index is 723. The lowest BCUT2D eigenvalue weighted by Crippen LogP contribution is -2.12. The van der Waals surface area contributed by atoms with Crippen LogP contribution in [0.1, 0.15) is 16.8 Å². The summed E-state index contributed by atoms with van der Waals surface area (Å²) in [4.78, 5) is 16.4. The SMILES string of the molecule is C#CCOc1cccc(NC(=O)c2ccc(OCCCOC)nc2)c1. The zero-order valence-corrected chi connectivity index (χ0v) is 14.0. The number of rotatable bonds is 9. The number of pyridine rings is 1. The first-order chi connectivity index (χ1) is 12.2. The number of hydrogen-bond donors (Lipinski definition) is 1. The molecule has 2 rings (SSSR count). The molecule has 6 heteroatoms. The number of benzene rings is 1. The maximum Gasteiger partial charge on any atom is 0.257 e. The number of terminal acetylenes is 1. The predicted molar refractivity (Wildman–Crippen MR) is 94.9 cm³/mol. The highest BCUT2D eigenvalue weighted by Gasteiger charge is 2.08. The van der Waals surface area contributed by atoms with Crippen molar-refractivity contribution in [3.63, 3.8) is 0 Å². The van der Waals surface area contributed by atoms with Gasteiger partial charge < -0.3 is 19.5 Å². The first-order valence-corrected chi connectivity index (χ1v) is 7.78. The molecular formula is C19H20N2O4. The van der Waals surface area contributed by atoms with Crippen LogP contribution in [-0.2, 0) is 4.74 Å². The summed E-state index contributed by atoms with van der Waals surface area (Å²) in [7, 11) is 1.64. The van der Waals surface area contributed by atoms with Gasteiger partial charge in [-0.05, 0) is 18.2 Å². The molecule has 1 N–H and O–H groups in total. The highest BCUT2D eigenvalue weighted by molar-refractivity contribution is 6.04. The van der Waals surface area contributed by atoms with E-state index in [-0.39, 0.29) is 12.5 Å². The molecular weight excluding hydrogens is 320 g/mol. The summed E-state index contributed by atoms with van der Waals surface area (Å²) in [6, 6.07) is 10.3. The Kier molecular flexibility index (Phi) is 7.29. The molecule has 0 spiro atoms. The average molecular weight is 340 g/mol. The van der Waals surface area contributed by atoms with Crippen molar-refractivity contribution in [2.75, 3.05) is 32.2 Å². The van der Waals surface area contributed by atoms with Crippen LogP contribution < -0.4 is 14.8 Å². The Morgan fingerprint density at radius 1 is 1.24 bits per heavy atom. The summed E-state index contributed by atoms with van der Waals surface area (Å²) in [5.41, 5.74) is 1.04. The molecule has 0 saturated carbocycles. The van der Waals surface area contributed by atoms with Crippen LogP contribution in [0.25, 0.3) is 0 Å². The largest absolute Gasteiger partial charge is 0.481 e. The van der Waals surface area contributed by atoms with Gasteiger partial charge in [-0.1, -0.05) is 12.0 Å². The molecule has 2 aromatic rings. The van der Waals surface area contributed by atoms with E-state index in [0.29, 0.717) is 36.1 Å². The summed E-state index contributed by atoms with van der Waals surface area (Å²) in [5, 5.41) is 2.79. The minimum atomic E-state index is -0.271. The van der Waals surface area contributed by atoms with E-state index in [2.05, 4.69) is 16.2 Å². The van der Waals surface area contributed by atoms with Crippen LogP contribution in [0.3, 0.4) is 0 Å². The van der Waals surface area contributed by atoms with E-state index in [9.17, 15) is 4.79 Å². The van der Waals surface area contributed by atoms with E-state index in [0.717, 1.165) is 6.42 Å². The van der Waals surface area contributed by atoms with Crippen LogP contribution in [0.15, 0.2) is 42.6 Å². The highest BCUT2D eigenvalue weighted by atomic mass is 16.5. The second kappa shape index (κ2) is 9.96. The maximum atomic E-state index is 12.3. The number of carbonyl (C=O) groups excluding carboxylic acids is 1. The minimum absolute atomic E-state index is 0.174. The Morgan fingerprint density at radius 3 is 2.84 bits per heavy atom. The molecule has 130 valence electrons. The topological polar surface area (TPSA) is 69.7 Å². The number of hydrogen-bond acceptors (Lipinski definition) is 5. The van der Waals surface area contributed by atoms with Gasteiger partial charge in [0.1, 0.15) is 12.4 Å². The molecule has 1 amide bonds. The molecule has 1 heterocycles. The quantitative estimate of drug-likeness (QED) is 0.561. The van der Waals surface area contributed by atoms with Crippen molar-refractivity contribution in [1.29, 1.82) is 0 Å². The van der Waals surface area contributed by atoms with Gasteiger partial charge in [0.05, 0.1) is 12.2 Å². The van der Waals surface area contributed by atoms with E-state index >= 15 is 0 Å². The third-order valence-corrected chi connectivity index (χ3v) is 3.16. The molecule has 1 aromatic carbocycles. The number of amides is 1. The van der Waals surface area contributed by atoms with Gasteiger partial charge in [0, 0.05) is 44.2 Å². The molecule has 0 aliphatic heterocycles. The Morgan fingerprint density at radius 2 is 2.12 bits per heavy atom. The lowest BCUT2D eigenvalue weighted by molar-refractivity contribution is 0.102. The van der Waals surface area contributed by atoms with Gasteiger partial charge in [0.15, 0.2) is 0 Å². The third-order valence-electron chi connectivity index (χ3n) is 3.16. The van der Waals surface area contributed by atoms with Gasteiger partial charge in [-0.25, -0.2) is 4.98 Å². The third kappa shape index (κ3) is 6.16. The number of carbonyl (C=O) groups is 1. The van der Waals surface area contributed by atoms with Gasteiger partial charge in [-0.15, -0.1) is 6.42 Å². The van der Waals surface area contributed by atoms with Crippen LogP contribution in [-0.4, -0.2) is 37.8 Å². The van der Waals surface area contributed by atoms with Gasteiger partial charge in [-0.2, -0.15) is 0 Å². The Balaban J connectivity index is 1.91. The monoisotopic (exact) mass is 340 g/mol. The Hall–Kier alpha value is -3.04. The average Bonchev–Trinajstić information content (AvgIpc) is 2.64. The number of ether oxygens (including phenoxy) is 3. The minimum Gasteiger partial charge on any atom is -0.481 e. The number of anilines is 1. The summed E-state index contributed by atoms with van der Waals surface area (Å²) >= 11 is 0. The zero-order valence-electron chi connectivity index (χ0n) is 14.0. The number of nitrogens with one attached hydrogen (secondary N) is 1. The summed E-state index contributed by atoms with van der Waals surface area (Å²) in [6.45, 7) is 1.31. The Labute approximate surface area is 147 Å². The standard InChI is InChI=1S/C19H20N2O4/c1-3-10-24-17-7-4-6-16(13-17)21-19(22)15-8-9-18(20-14-15)25-12-5-11-23-2/h1,4,6-9,13-14H,5,10-12H2,2H3,(H,21,22). The molecule has 0 fully saturated rings. The molecule has 0 saturated heterocycles. The van der Waals surface area contributed by atoms with Crippen molar-refractivity contribution >= 4 is 11.6 Å². The summed E-state index contributed by atoms with van der Waals surface area (Å²) < 4.78 is 15.7. The van der Waals surface area contributed by atoms with Gasteiger partial charge >= 0.3 is 0 Å². The molecule has 0 aliphatic carbocycles. The second-order valence-electron chi connectivity index (χ2n) is 5.05. The van der Waals surface area contributed by atoms with E-state index in [1.807, 2.05) is 0 Å². The fourth-order valence-electron chi connectivity index (χ4n) is 1.97. The molecule has 25 heavy (non-hydrogen) atoms. The van der Waals surface area contributed by atoms with Crippen molar-refractivity contribution in [2.45, 2.75) is 6.42 Å². The van der Waals surface area contributed by atoms with Crippen molar-refractivity contribution in [3.05, 3.63) is 48.2 Å². The molecule has 1 aromatic heterocycles. The van der Waals surface area contributed by atoms with Crippen LogP contribution >= 0.6 is 0 Å². The fraction of sp³-hybridized carbons (Fsp3) is 0.263. The van der Waals surface area contributed by atoms with Crippen molar-refractivity contribution in [1.82, 2.24) is 4.98 Å². The van der Waals surface area contributed by atoms with E-state index in [4.69, 9.17) is 20.6 Å². The fourth-order valence-corrected chi connectivity index (χ4v) is 1.97. The first kappa shape index (κ1) is 18.3. The molecule has 0 radical (unpaired) electrons. The van der Waals surface area contributed by atoms with Crippen LogP contribution in [0.5, 0.6) is 11.6 Å². The zero-order chi connectivity index (χ0) is 17.9. The van der Waals surface area contributed by atoms with E-state index in [1.165, 1.54) is 6.20 Å². The molecule has 0 unspecified atom stereocenters. The highest BCUT2D eigenvalue weighted by Crippen LogP contribution is 2.18. The van der Waals surface area contributed by atoms with Crippen molar-refractivity contribution in [3.8, 4) is 24.0 Å². The lowest BCUT2D eigenvalue weighted by atomic mass is 10.2. The van der Waals surface area contributed by atoms with Crippen molar-refractivity contribution in [2.24, 2.45) is 0 Å². The summed E-state index contributed by atoms with van der Waals surface area (Å²) in [6.07, 6.45) is 7.41. The van der Waals surface area contributed by atoms with Crippen molar-refractivity contribution < 1.29 is 19.0 Å². The van der Waals surface area contributed by atoms with Crippen LogP contribution in [0.4, 0.5) is 5.69 Å².